The summed E-state index contributed by atoms with van der Waals surface area (Å²) in [6.45, 7) is 7.72. The number of fused-ring (bicyclic) bond motifs is 1. The first kappa shape index (κ1) is 19.4. The van der Waals surface area contributed by atoms with E-state index < -0.39 is 0 Å². The second-order valence-electron chi connectivity index (χ2n) is 7.63. The number of nitrogens with zero attached hydrogens (tertiary/aromatic N) is 5. The van der Waals surface area contributed by atoms with Gasteiger partial charge < -0.3 is 14.6 Å². The number of hydrazone groups is 1. The van der Waals surface area contributed by atoms with E-state index in [1.165, 1.54) is 0 Å². The molecule has 1 aliphatic heterocycles. The number of likely N-dealkylation sites (N-methyl/N-ethyl adjacent to an activating group) is 1. The largest absolute Gasteiger partial charge is 0.374 e. The molecule has 1 N–H and O–H groups in total. The Labute approximate surface area is 171 Å². The van der Waals surface area contributed by atoms with Crippen molar-refractivity contribution in [3.8, 4) is 0 Å². The molecule has 0 amide bonds. The fourth-order valence-corrected chi connectivity index (χ4v) is 3.82. The zero-order chi connectivity index (χ0) is 20.5. The summed E-state index contributed by atoms with van der Waals surface area (Å²) >= 11 is 0. The topological polar surface area (TPSA) is 67.6 Å². The molecule has 1 aliphatic rings. The van der Waals surface area contributed by atoms with Gasteiger partial charge in [-0.15, -0.1) is 0 Å². The highest BCUT2D eigenvalue weighted by Crippen LogP contribution is 2.27. The van der Waals surface area contributed by atoms with E-state index in [1.807, 2.05) is 44.4 Å². The van der Waals surface area contributed by atoms with Crippen LogP contribution in [-0.4, -0.2) is 45.5 Å². The summed E-state index contributed by atoms with van der Waals surface area (Å²) in [7, 11) is 4.02. The van der Waals surface area contributed by atoms with Crippen LogP contribution in [0.15, 0.2) is 41.8 Å². The molecule has 0 aromatic carbocycles. The van der Waals surface area contributed by atoms with Crippen LogP contribution >= 0.6 is 0 Å². The first-order chi connectivity index (χ1) is 13.9. The van der Waals surface area contributed by atoms with Crippen LogP contribution in [0.5, 0.6) is 0 Å². The van der Waals surface area contributed by atoms with E-state index in [-0.39, 0.29) is 12.0 Å². The maximum absolute atomic E-state index is 5.70. The number of aryl methyl sites for hydroxylation is 1. The molecule has 2 atom stereocenters. The summed E-state index contributed by atoms with van der Waals surface area (Å²) in [6.07, 6.45) is 4.09. The van der Waals surface area contributed by atoms with Crippen molar-refractivity contribution in [2.24, 2.45) is 12.1 Å². The lowest BCUT2D eigenvalue weighted by atomic mass is 9.97. The molecule has 29 heavy (non-hydrogen) atoms. The van der Waals surface area contributed by atoms with Gasteiger partial charge in [0.15, 0.2) is 0 Å². The minimum atomic E-state index is 0.0625. The van der Waals surface area contributed by atoms with E-state index >= 15 is 0 Å². The van der Waals surface area contributed by atoms with Crippen LogP contribution in [0, 0.1) is 0 Å². The monoisotopic (exact) mass is 392 g/mol. The normalized spacial score (nSPS) is 17.6. The number of nitrogens with one attached hydrogen (secondary N) is 1. The van der Waals surface area contributed by atoms with Gasteiger partial charge in [-0.05, 0) is 50.6 Å². The summed E-state index contributed by atoms with van der Waals surface area (Å²) in [5.41, 5.74) is 5.17. The lowest BCUT2D eigenvalue weighted by molar-refractivity contribution is 0.0764. The first-order valence-corrected chi connectivity index (χ1v) is 10.0. The van der Waals surface area contributed by atoms with E-state index in [4.69, 9.17) is 9.72 Å². The predicted molar refractivity (Wildman–Crippen MR) is 117 cm³/mol. The smallest absolute Gasteiger partial charge is 0.132 e. The van der Waals surface area contributed by atoms with Crippen molar-refractivity contribution in [3.05, 3.63) is 47.8 Å². The van der Waals surface area contributed by atoms with Crippen molar-refractivity contribution < 1.29 is 4.74 Å². The van der Waals surface area contributed by atoms with Crippen LogP contribution in [0.4, 0.5) is 11.6 Å². The Morgan fingerprint density at radius 3 is 2.79 bits per heavy atom. The molecule has 152 valence electrons. The summed E-state index contributed by atoms with van der Waals surface area (Å²) in [6, 6.07) is 8.20. The van der Waals surface area contributed by atoms with E-state index in [1.54, 1.807) is 0 Å². The Hall–Kier alpha value is -2.93. The van der Waals surface area contributed by atoms with Gasteiger partial charge in [0.25, 0.3) is 0 Å². The molecule has 7 heteroatoms. The molecule has 0 saturated carbocycles. The molecule has 4 rings (SSSR count). The second kappa shape index (κ2) is 7.83. The van der Waals surface area contributed by atoms with E-state index in [0.717, 1.165) is 46.1 Å². The minimum absolute atomic E-state index is 0.0625. The number of pyridine rings is 2. The van der Waals surface area contributed by atoms with Crippen LogP contribution in [0.1, 0.15) is 43.9 Å². The fraction of sp³-hybridized carbons (Fsp3) is 0.409. The van der Waals surface area contributed by atoms with E-state index in [2.05, 4.69) is 52.1 Å². The number of anilines is 2. The standard InChI is InChI=1S/C22H28N6O/c1-6-29-15(3)17-10-22(27(4)12-17)25-21-8-7-19-20(24-21)9-16(11-23-19)18-13-28(5)26-14(18)2/h7-12,15,18H,6,13H2,1-5H3,(H,24,25). The van der Waals surface area contributed by atoms with Gasteiger partial charge in [-0.25, -0.2) is 4.98 Å². The highest BCUT2D eigenvalue weighted by molar-refractivity contribution is 5.91. The van der Waals surface area contributed by atoms with Gasteiger partial charge in [0.05, 0.1) is 17.1 Å². The lowest BCUT2D eigenvalue weighted by Gasteiger charge is -2.13. The van der Waals surface area contributed by atoms with Crippen molar-refractivity contribution in [1.29, 1.82) is 0 Å². The molecule has 0 fully saturated rings. The van der Waals surface area contributed by atoms with Crippen molar-refractivity contribution in [2.75, 3.05) is 25.5 Å². The first-order valence-electron chi connectivity index (χ1n) is 10.0. The molecule has 0 bridgehead atoms. The molecular weight excluding hydrogens is 364 g/mol. The summed E-state index contributed by atoms with van der Waals surface area (Å²) in [4.78, 5) is 9.42. The zero-order valence-electron chi connectivity index (χ0n) is 17.7. The third-order valence-electron chi connectivity index (χ3n) is 5.41. The molecular formula is C22H28N6O. The Morgan fingerprint density at radius 2 is 2.07 bits per heavy atom. The number of aromatic nitrogens is 3. The molecule has 7 nitrogen and oxygen atoms in total. The Morgan fingerprint density at radius 1 is 1.24 bits per heavy atom. The maximum Gasteiger partial charge on any atom is 0.132 e. The van der Waals surface area contributed by atoms with Crippen LogP contribution in [-0.2, 0) is 11.8 Å². The van der Waals surface area contributed by atoms with Crippen molar-refractivity contribution >= 4 is 28.4 Å². The van der Waals surface area contributed by atoms with Gasteiger partial charge in [-0.3, -0.25) is 9.99 Å². The third-order valence-corrected chi connectivity index (χ3v) is 5.41. The number of rotatable bonds is 6. The van der Waals surface area contributed by atoms with E-state index in [9.17, 15) is 0 Å². The predicted octanol–water partition coefficient (Wildman–Crippen LogP) is 4.21. The number of hydrogen-bond donors (Lipinski definition) is 1. The SMILES string of the molecule is CCOC(C)c1cc(Nc2ccc3ncc(C4CN(C)N=C4C)cc3n2)n(C)c1. The van der Waals surface area contributed by atoms with E-state index in [0.29, 0.717) is 6.61 Å². The lowest BCUT2D eigenvalue weighted by Crippen LogP contribution is -2.14. The quantitative estimate of drug-likeness (QED) is 0.680. The van der Waals surface area contributed by atoms with Crippen LogP contribution < -0.4 is 5.32 Å². The summed E-state index contributed by atoms with van der Waals surface area (Å²) in [5.74, 6) is 2.04. The van der Waals surface area contributed by atoms with Gasteiger partial charge >= 0.3 is 0 Å². The van der Waals surface area contributed by atoms with Gasteiger partial charge in [0.2, 0.25) is 0 Å². The van der Waals surface area contributed by atoms with Crippen molar-refractivity contribution in [1.82, 2.24) is 19.5 Å². The fourth-order valence-electron chi connectivity index (χ4n) is 3.82. The molecule has 0 spiro atoms. The summed E-state index contributed by atoms with van der Waals surface area (Å²) in [5, 5.41) is 9.92. The maximum atomic E-state index is 5.70. The van der Waals surface area contributed by atoms with Crippen LogP contribution in [0.2, 0.25) is 0 Å². The molecule has 4 heterocycles. The summed E-state index contributed by atoms with van der Waals surface area (Å²) < 4.78 is 7.76. The highest BCUT2D eigenvalue weighted by atomic mass is 16.5. The van der Waals surface area contributed by atoms with Gasteiger partial charge in [-0.2, -0.15) is 5.10 Å². The molecule has 0 radical (unpaired) electrons. The Kier molecular flexibility index (Phi) is 5.24. The van der Waals surface area contributed by atoms with Gasteiger partial charge in [0, 0.05) is 56.8 Å². The molecule has 3 aromatic heterocycles. The highest BCUT2D eigenvalue weighted by Gasteiger charge is 2.23. The molecule has 0 saturated heterocycles. The minimum Gasteiger partial charge on any atom is -0.374 e. The Balaban J connectivity index is 1.60. The average Bonchev–Trinajstić information content (AvgIpc) is 3.23. The molecule has 3 aromatic rings. The number of ether oxygens (including phenoxy) is 1. The third kappa shape index (κ3) is 3.96. The van der Waals surface area contributed by atoms with Crippen molar-refractivity contribution in [3.63, 3.8) is 0 Å². The average molecular weight is 393 g/mol. The van der Waals surface area contributed by atoms with Crippen LogP contribution in [0.25, 0.3) is 11.0 Å². The van der Waals surface area contributed by atoms with Gasteiger partial charge in [-0.1, -0.05) is 0 Å². The molecule has 2 unspecified atom stereocenters. The molecule has 0 aliphatic carbocycles. The van der Waals surface area contributed by atoms with Crippen LogP contribution in [0.3, 0.4) is 0 Å². The van der Waals surface area contributed by atoms with Crippen molar-refractivity contribution in [2.45, 2.75) is 32.8 Å². The van der Waals surface area contributed by atoms with Gasteiger partial charge in [0.1, 0.15) is 11.6 Å². The Bertz CT molecular complexity index is 1060. The zero-order valence-corrected chi connectivity index (χ0v) is 17.7. The number of hydrogen-bond acceptors (Lipinski definition) is 6. The second-order valence-corrected chi connectivity index (χ2v) is 7.63.